The van der Waals surface area contributed by atoms with Crippen LogP contribution in [0.3, 0.4) is 0 Å². The minimum atomic E-state index is -0.170. The van der Waals surface area contributed by atoms with Gasteiger partial charge in [-0.2, -0.15) is 0 Å². The zero-order chi connectivity index (χ0) is 12.4. The van der Waals surface area contributed by atoms with Crippen molar-refractivity contribution in [3.63, 3.8) is 0 Å². The van der Waals surface area contributed by atoms with Crippen molar-refractivity contribution in [2.75, 3.05) is 13.2 Å². The molecule has 0 unspecified atom stereocenters. The molecule has 1 aliphatic heterocycles. The van der Waals surface area contributed by atoms with E-state index in [1.165, 1.54) is 0 Å². The van der Waals surface area contributed by atoms with Gasteiger partial charge in [0.15, 0.2) is 0 Å². The largest absolute Gasteiger partial charge is 0.507 e. The molecule has 17 heavy (non-hydrogen) atoms. The first-order valence-electron chi connectivity index (χ1n) is 5.92. The molecule has 0 bridgehead atoms. The summed E-state index contributed by atoms with van der Waals surface area (Å²) in [5.41, 5.74) is 7.76. The number of phenols is 1. The molecule has 1 heterocycles. The zero-order valence-corrected chi connectivity index (χ0v) is 10.7. The summed E-state index contributed by atoms with van der Waals surface area (Å²) in [7, 11) is 0. The number of nitrogens with two attached hydrogens (primary N) is 1. The lowest BCUT2D eigenvalue weighted by Gasteiger charge is -2.28. The maximum Gasteiger partial charge on any atom is 0.123 e. The predicted molar refractivity (Wildman–Crippen MR) is 68.3 cm³/mol. The van der Waals surface area contributed by atoms with Crippen molar-refractivity contribution in [1.82, 2.24) is 0 Å². The van der Waals surface area contributed by atoms with Crippen LogP contribution in [-0.4, -0.2) is 18.3 Å². The van der Waals surface area contributed by atoms with Crippen molar-refractivity contribution in [1.29, 1.82) is 0 Å². The highest BCUT2D eigenvalue weighted by molar-refractivity contribution is 6.30. The zero-order valence-electron chi connectivity index (χ0n) is 9.95. The Kier molecular flexibility index (Phi) is 3.92. The van der Waals surface area contributed by atoms with Crippen molar-refractivity contribution in [2.24, 2.45) is 11.7 Å². The molecule has 1 atom stereocenters. The highest BCUT2D eigenvalue weighted by Gasteiger charge is 2.25. The van der Waals surface area contributed by atoms with E-state index in [0.717, 1.165) is 37.2 Å². The molecule has 0 spiro atoms. The second kappa shape index (κ2) is 5.25. The quantitative estimate of drug-likeness (QED) is 0.854. The fourth-order valence-electron chi connectivity index (χ4n) is 2.34. The van der Waals surface area contributed by atoms with Gasteiger partial charge in [-0.3, -0.25) is 0 Å². The van der Waals surface area contributed by atoms with Crippen molar-refractivity contribution in [3.05, 3.63) is 28.3 Å². The van der Waals surface area contributed by atoms with Gasteiger partial charge in [-0.05, 0) is 43.4 Å². The molecule has 94 valence electrons. The van der Waals surface area contributed by atoms with Gasteiger partial charge in [-0.25, -0.2) is 0 Å². The summed E-state index contributed by atoms with van der Waals surface area (Å²) < 4.78 is 5.32. The Balaban J connectivity index is 2.26. The predicted octanol–water partition coefficient (Wildman–Crippen LogP) is 2.78. The molecular weight excluding hydrogens is 238 g/mol. The number of hydrogen-bond acceptors (Lipinski definition) is 3. The van der Waals surface area contributed by atoms with Crippen molar-refractivity contribution in [3.8, 4) is 5.75 Å². The van der Waals surface area contributed by atoms with Gasteiger partial charge in [0, 0.05) is 29.8 Å². The highest BCUT2D eigenvalue weighted by atomic mass is 35.5. The summed E-state index contributed by atoms with van der Waals surface area (Å²) in [6.45, 7) is 3.33. The van der Waals surface area contributed by atoms with Gasteiger partial charge in [0.1, 0.15) is 5.75 Å². The molecule has 3 nitrogen and oxygen atoms in total. The van der Waals surface area contributed by atoms with Gasteiger partial charge in [0.05, 0.1) is 0 Å². The summed E-state index contributed by atoms with van der Waals surface area (Å²) in [5.74, 6) is 0.626. The maximum atomic E-state index is 10.1. The van der Waals surface area contributed by atoms with Gasteiger partial charge < -0.3 is 15.6 Å². The Morgan fingerprint density at radius 3 is 2.71 bits per heavy atom. The molecule has 0 amide bonds. The fraction of sp³-hybridized carbons (Fsp3) is 0.538. The van der Waals surface area contributed by atoms with Crippen LogP contribution in [0, 0.1) is 12.8 Å². The van der Waals surface area contributed by atoms with E-state index in [2.05, 4.69) is 0 Å². The molecule has 1 aromatic carbocycles. The molecule has 1 aliphatic rings. The van der Waals surface area contributed by atoms with E-state index in [-0.39, 0.29) is 11.8 Å². The third kappa shape index (κ3) is 2.73. The van der Waals surface area contributed by atoms with Crippen molar-refractivity contribution in [2.45, 2.75) is 25.8 Å². The van der Waals surface area contributed by atoms with Crippen LogP contribution >= 0.6 is 11.6 Å². The van der Waals surface area contributed by atoms with Gasteiger partial charge in [-0.15, -0.1) is 0 Å². The number of hydrogen-bond donors (Lipinski definition) is 2. The molecule has 3 N–H and O–H groups in total. The molecule has 1 saturated heterocycles. The van der Waals surface area contributed by atoms with Crippen molar-refractivity contribution >= 4 is 11.6 Å². The number of aryl methyl sites for hydroxylation is 1. The monoisotopic (exact) mass is 255 g/mol. The Bertz CT molecular complexity index is 403. The lowest BCUT2D eigenvalue weighted by atomic mass is 9.87. The van der Waals surface area contributed by atoms with Crippen LogP contribution in [0.2, 0.25) is 5.02 Å². The number of phenolic OH excluding ortho intramolecular Hbond substituents is 1. The molecule has 0 radical (unpaired) electrons. The molecule has 2 rings (SSSR count). The van der Waals surface area contributed by atoms with Crippen LogP contribution in [0.5, 0.6) is 5.75 Å². The number of halogens is 1. The summed E-state index contributed by atoms with van der Waals surface area (Å²) >= 11 is 6.01. The van der Waals surface area contributed by atoms with E-state index in [9.17, 15) is 5.11 Å². The lowest BCUT2D eigenvalue weighted by Crippen LogP contribution is -2.27. The van der Waals surface area contributed by atoms with E-state index in [0.29, 0.717) is 10.9 Å². The van der Waals surface area contributed by atoms with Gasteiger partial charge in [-0.1, -0.05) is 11.6 Å². The Labute approximate surface area is 107 Å². The number of benzene rings is 1. The van der Waals surface area contributed by atoms with Crippen LogP contribution in [0.15, 0.2) is 12.1 Å². The highest BCUT2D eigenvalue weighted by Crippen LogP contribution is 2.36. The minimum Gasteiger partial charge on any atom is -0.507 e. The van der Waals surface area contributed by atoms with E-state index < -0.39 is 0 Å². The van der Waals surface area contributed by atoms with E-state index in [1.807, 2.05) is 6.92 Å². The smallest absolute Gasteiger partial charge is 0.123 e. The molecule has 1 fully saturated rings. The average molecular weight is 256 g/mol. The average Bonchev–Trinajstić information content (AvgIpc) is 2.34. The van der Waals surface area contributed by atoms with Crippen LogP contribution in [0.4, 0.5) is 0 Å². The lowest BCUT2D eigenvalue weighted by molar-refractivity contribution is 0.0581. The SMILES string of the molecule is Cc1cc(Cl)cc([C@H](N)C2CCOCC2)c1O. The first kappa shape index (κ1) is 12.7. The third-order valence-electron chi connectivity index (χ3n) is 3.43. The topological polar surface area (TPSA) is 55.5 Å². The standard InChI is InChI=1S/C13H18ClNO2/c1-8-6-10(14)7-11(13(8)16)12(15)9-2-4-17-5-3-9/h6-7,9,12,16H,2-5,15H2,1H3/t12-/m1/s1. The van der Waals surface area contributed by atoms with Gasteiger partial charge >= 0.3 is 0 Å². The Morgan fingerprint density at radius 1 is 1.41 bits per heavy atom. The minimum absolute atomic E-state index is 0.170. The molecular formula is C13H18ClNO2. The third-order valence-corrected chi connectivity index (χ3v) is 3.65. The molecule has 0 aromatic heterocycles. The number of ether oxygens (including phenoxy) is 1. The maximum absolute atomic E-state index is 10.1. The van der Waals surface area contributed by atoms with Gasteiger partial charge in [0.25, 0.3) is 0 Å². The normalized spacial score (nSPS) is 19.2. The fourth-order valence-corrected chi connectivity index (χ4v) is 2.63. The summed E-state index contributed by atoms with van der Waals surface area (Å²) in [5, 5.41) is 10.7. The number of rotatable bonds is 2. The summed E-state index contributed by atoms with van der Waals surface area (Å²) in [6, 6.07) is 3.34. The molecule has 0 saturated carbocycles. The second-order valence-electron chi connectivity index (χ2n) is 4.64. The van der Waals surface area contributed by atoms with E-state index >= 15 is 0 Å². The van der Waals surface area contributed by atoms with Crippen LogP contribution in [0.25, 0.3) is 0 Å². The van der Waals surface area contributed by atoms with E-state index in [4.69, 9.17) is 22.1 Å². The summed E-state index contributed by atoms with van der Waals surface area (Å²) in [4.78, 5) is 0. The van der Waals surface area contributed by atoms with Crippen LogP contribution < -0.4 is 5.73 Å². The first-order valence-corrected chi connectivity index (χ1v) is 6.29. The molecule has 1 aromatic rings. The Hall–Kier alpha value is -0.770. The second-order valence-corrected chi connectivity index (χ2v) is 5.07. The van der Waals surface area contributed by atoms with Gasteiger partial charge in [0.2, 0.25) is 0 Å². The summed E-state index contributed by atoms with van der Waals surface area (Å²) in [6.07, 6.45) is 1.87. The molecule has 4 heteroatoms. The van der Waals surface area contributed by atoms with Crippen LogP contribution in [0.1, 0.15) is 30.0 Å². The first-order chi connectivity index (χ1) is 8.09. The van der Waals surface area contributed by atoms with Crippen molar-refractivity contribution < 1.29 is 9.84 Å². The molecule has 0 aliphatic carbocycles. The van der Waals surface area contributed by atoms with Crippen LogP contribution in [-0.2, 0) is 4.74 Å². The Morgan fingerprint density at radius 2 is 2.06 bits per heavy atom. The van der Waals surface area contributed by atoms with E-state index in [1.54, 1.807) is 12.1 Å². The number of aromatic hydroxyl groups is 1.